The predicted molar refractivity (Wildman–Crippen MR) is 54.4 cm³/mol. The summed E-state index contributed by atoms with van der Waals surface area (Å²) in [7, 11) is 0. The summed E-state index contributed by atoms with van der Waals surface area (Å²) in [6.07, 6.45) is 3.30. The predicted octanol–water partition coefficient (Wildman–Crippen LogP) is 3.04. The molecule has 1 heterocycles. The second kappa shape index (κ2) is 4.04. The van der Waals surface area contributed by atoms with Crippen LogP contribution in [0.15, 0.2) is 41.5 Å². The lowest BCUT2D eigenvalue weighted by Crippen LogP contribution is -1.82. The summed E-state index contributed by atoms with van der Waals surface area (Å²) in [6, 6.07) is 7.17. The Bertz CT molecular complexity index is 475. The summed E-state index contributed by atoms with van der Waals surface area (Å²) in [5.74, 6) is -1.76. The van der Waals surface area contributed by atoms with E-state index in [2.05, 4.69) is 9.98 Å². The SMILES string of the molecule is Fc1ccc(N=Cc2ccc[nH]2)cc1F. The fraction of sp³-hybridized carbons (Fsp3) is 0. The van der Waals surface area contributed by atoms with Gasteiger partial charge in [0.05, 0.1) is 17.6 Å². The van der Waals surface area contributed by atoms with Crippen LogP contribution in [0.4, 0.5) is 14.5 Å². The van der Waals surface area contributed by atoms with E-state index in [0.717, 1.165) is 17.8 Å². The molecule has 1 aromatic carbocycles. The number of hydrogen-bond acceptors (Lipinski definition) is 1. The van der Waals surface area contributed by atoms with Gasteiger partial charge < -0.3 is 4.98 Å². The molecular formula is C11H8F2N2. The van der Waals surface area contributed by atoms with E-state index in [4.69, 9.17) is 0 Å². The zero-order valence-corrected chi connectivity index (χ0v) is 7.74. The lowest BCUT2D eigenvalue weighted by atomic mass is 10.3. The Kier molecular flexibility index (Phi) is 2.58. The van der Waals surface area contributed by atoms with Crippen LogP contribution in [0, 0.1) is 11.6 Å². The number of hydrogen-bond donors (Lipinski definition) is 1. The molecule has 4 heteroatoms. The Balaban J connectivity index is 2.21. The topological polar surface area (TPSA) is 28.1 Å². The lowest BCUT2D eigenvalue weighted by molar-refractivity contribution is 0.509. The molecule has 0 radical (unpaired) electrons. The molecule has 2 rings (SSSR count). The summed E-state index contributed by atoms with van der Waals surface area (Å²) < 4.78 is 25.4. The number of halogens is 2. The van der Waals surface area contributed by atoms with Crippen molar-refractivity contribution in [2.75, 3.05) is 0 Å². The molecule has 15 heavy (non-hydrogen) atoms. The highest BCUT2D eigenvalue weighted by atomic mass is 19.2. The molecule has 0 saturated carbocycles. The number of aliphatic imine (C=N–C) groups is 1. The third-order valence-electron chi connectivity index (χ3n) is 1.88. The Morgan fingerprint density at radius 1 is 1.13 bits per heavy atom. The number of benzene rings is 1. The monoisotopic (exact) mass is 206 g/mol. The normalized spacial score (nSPS) is 11.1. The molecule has 0 unspecified atom stereocenters. The Morgan fingerprint density at radius 3 is 2.67 bits per heavy atom. The molecule has 2 nitrogen and oxygen atoms in total. The first-order valence-corrected chi connectivity index (χ1v) is 4.38. The van der Waals surface area contributed by atoms with Crippen LogP contribution in [0.3, 0.4) is 0 Å². The number of H-pyrrole nitrogens is 1. The molecule has 0 fully saturated rings. The first-order chi connectivity index (χ1) is 7.25. The molecule has 1 aromatic heterocycles. The van der Waals surface area contributed by atoms with E-state index in [9.17, 15) is 8.78 Å². The summed E-state index contributed by atoms with van der Waals surface area (Å²) in [6.45, 7) is 0. The second-order valence-corrected chi connectivity index (χ2v) is 2.98. The van der Waals surface area contributed by atoms with Crippen molar-refractivity contribution in [1.82, 2.24) is 4.98 Å². The summed E-state index contributed by atoms with van der Waals surface area (Å²) >= 11 is 0. The van der Waals surface area contributed by atoms with Crippen LogP contribution >= 0.6 is 0 Å². The maximum Gasteiger partial charge on any atom is 0.160 e. The maximum atomic E-state index is 12.8. The van der Waals surface area contributed by atoms with Gasteiger partial charge in [-0.3, -0.25) is 4.99 Å². The van der Waals surface area contributed by atoms with Crippen LogP contribution in [0.25, 0.3) is 0 Å². The van der Waals surface area contributed by atoms with Gasteiger partial charge in [0.2, 0.25) is 0 Å². The van der Waals surface area contributed by atoms with Gasteiger partial charge in [-0.2, -0.15) is 0 Å². The van der Waals surface area contributed by atoms with Crippen molar-refractivity contribution < 1.29 is 8.78 Å². The van der Waals surface area contributed by atoms with Gasteiger partial charge in [-0.05, 0) is 24.3 Å². The van der Waals surface area contributed by atoms with E-state index >= 15 is 0 Å². The lowest BCUT2D eigenvalue weighted by Gasteiger charge is -1.94. The number of aromatic nitrogens is 1. The van der Waals surface area contributed by atoms with Crippen LogP contribution in [0.5, 0.6) is 0 Å². The molecule has 0 aliphatic rings. The van der Waals surface area contributed by atoms with Crippen molar-refractivity contribution in [3.05, 3.63) is 53.9 Å². The number of rotatable bonds is 2. The van der Waals surface area contributed by atoms with Crippen molar-refractivity contribution in [2.45, 2.75) is 0 Å². The van der Waals surface area contributed by atoms with E-state index < -0.39 is 11.6 Å². The number of nitrogens with one attached hydrogen (secondary N) is 1. The maximum absolute atomic E-state index is 12.8. The molecule has 0 atom stereocenters. The molecule has 1 N–H and O–H groups in total. The standard InChI is InChI=1S/C11H8F2N2/c12-10-4-3-8(6-11(10)13)15-7-9-2-1-5-14-9/h1-7,14H. The molecule has 0 saturated heterocycles. The summed E-state index contributed by atoms with van der Waals surface area (Å²) in [5.41, 5.74) is 1.18. The fourth-order valence-electron chi connectivity index (χ4n) is 1.13. The van der Waals surface area contributed by atoms with E-state index in [-0.39, 0.29) is 0 Å². The third-order valence-corrected chi connectivity index (χ3v) is 1.88. The van der Waals surface area contributed by atoms with Crippen LogP contribution in [-0.2, 0) is 0 Å². The van der Waals surface area contributed by atoms with Gasteiger partial charge in [0.15, 0.2) is 11.6 Å². The largest absolute Gasteiger partial charge is 0.360 e. The summed E-state index contributed by atoms with van der Waals surface area (Å²) in [5, 5.41) is 0. The molecule has 0 amide bonds. The minimum atomic E-state index is -0.892. The highest BCUT2D eigenvalue weighted by Crippen LogP contribution is 2.15. The second-order valence-electron chi connectivity index (χ2n) is 2.98. The van der Waals surface area contributed by atoms with E-state index in [1.54, 1.807) is 12.4 Å². The van der Waals surface area contributed by atoms with Crippen LogP contribution in [-0.4, -0.2) is 11.2 Å². The minimum absolute atomic E-state index is 0.378. The zero-order chi connectivity index (χ0) is 10.7. The van der Waals surface area contributed by atoms with Gasteiger partial charge in [-0.1, -0.05) is 0 Å². The zero-order valence-electron chi connectivity index (χ0n) is 7.74. The Labute approximate surface area is 85.3 Å². The van der Waals surface area contributed by atoms with Gasteiger partial charge in [0.1, 0.15) is 0 Å². The van der Waals surface area contributed by atoms with E-state index in [1.807, 2.05) is 12.1 Å². The van der Waals surface area contributed by atoms with Crippen LogP contribution in [0.2, 0.25) is 0 Å². The highest BCUT2D eigenvalue weighted by Gasteiger charge is 2.00. The Hall–Kier alpha value is -1.97. The summed E-state index contributed by atoms with van der Waals surface area (Å²) in [4.78, 5) is 6.90. The molecular weight excluding hydrogens is 198 g/mol. The number of aromatic amines is 1. The molecule has 0 spiro atoms. The van der Waals surface area contributed by atoms with Crippen molar-refractivity contribution in [2.24, 2.45) is 4.99 Å². The van der Waals surface area contributed by atoms with Crippen LogP contribution < -0.4 is 0 Å². The first kappa shape index (κ1) is 9.58. The van der Waals surface area contributed by atoms with Gasteiger partial charge in [0.25, 0.3) is 0 Å². The van der Waals surface area contributed by atoms with Crippen molar-refractivity contribution in [1.29, 1.82) is 0 Å². The van der Waals surface area contributed by atoms with Gasteiger partial charge >= 0.3 is 0 Å². The average Bonchev–Trinajstić information content (AvgIpc) is 2.73. The van der Waals surface area contributed by atoms with Crippen molar-refractivity contribution in [3.8, 4) is 0 Å². The van der Waals surface area contributed by atoms with Crippen molar-refractivity contribution >= 4 is 11.9 Å². The Morgan fingerprint density at radius 2 is 2.00 bits per heavy atom. The quantitative estimate of drug-likeness (QED) is 0.731. The minimum Gasteiger partial charge on any atom is -0.360 e. The molecule has 0 aliphatic carbocycles. The smallest absolute Gasteiger partial charge is 0.160 e. The highest BCUT2D eigenvalue weighted by molar-refractivity contribution is 5.79. The molecule has 0 aliphatic heterocycles. The average molecular weight is 206 g/mol. The van der Waals surface area contributed by atoms with Crippen molar-refractivity contribution in [3.63, 3.8) is 0 Å². The number of nitrogens with zero attached hydrogens (tertiary/aromatic N) is 1. The molecule has 0 bridgehead atoms. The fourth-order valence-corrected chi connectivity index (χ4v) is 1.13. The van der Waals surface area contributed by atoms with Crippen LogP contribution in [0.1, 0.15) is 5.69 Å². The van der Waals surface area contributed by atoms with Gasteiger partial charge in [0, 0.05) is 12.3 Å². The van der Waals surface area contributed by atoms with E-state index in [1.165, 1.54) is 6.07 Å². The van der Waals surface area contributed by atoms with Gasteiger partial charge in [-0.25, -0.2) is 8.78 Å². The molecule has 2 aromatic rings. The van der Waals surface area contributed by atoms with Gasteiger partial charge in [-0.15, -0.1) is 0 Å². The van der Waals surface area contributed by atoms with E-state index in [0.29, 0.717) is 5.69 Å². The molecule has 76 valence electrons. The first-order valence-electron chi connectivity index (χ1n) is 4.38. The third kappa shape index (κ3) is 2.28.